The lowest BCUT2D eigenvalue weighted by Crippen LogP contribution is -2.00. The van der Waals surface area contributed by atoms with E-state index in [0.717, 1.165) is 0 Å². The Hall–Kier alpha value is -5.83. The molecule has 0 saturated carbocycles. The Morgan fingerprint density at radius 1 is 0.388 bits per heavy atom. The van der Waals surface area contributed by atoms with Crippen molar-refractivity contribution in [3.63, 3.8) is 0 Å². The summed E-state index contributed by atoms with van der Waals surface area (Å²) in [5, 5.41) is 14.4. The first-order valence-corrected chi connectivity index (χ1v) is 17.8. The van der Waals surface area contributed by atoms with Crippen LogP contribution in [0.1, 0.15) is 10.9 Å². The number of hydrogen-bond donors (Lipinski definition) is 1. The van der Waals surface area contributed by atoms with Crippen LogP contribution in [0.4, 0.5) is 5.69 Å². The molecule has 1 aliphatic carbocycles. The molecule has 0 aromatic heterocycles. The number of rotatable bonds is 3. The molecule has 9 aromatic carbocycles. The van der Waals surface area contributed by atoms with Crippen molar-refractivity contribution in [1.29, 1.82) is 0 Å². The van der Waals surface area contributed by atoms with Gasteiger partial charge in [-0.2, -0.15) is 0 Å². The number of hydrogen-bond acceptors (Lipinski definition) is 2. The highest BCUT2D eigenvalue weighted by atomic mass is 32.2. The van der Waals surface area contributed by atoms with E-state index in [2.05, 4.69) is 169 Å². The minimum Gasteiger partial charge on any atom is -0.368 e. The maximum Gasteiger partial charge on any atom is 0.103 e. The Kier molecular flexibility index (Phi) is 5.73. The highest BCUT2D eigenvalue weighted by molar-refractivity contribution is 8.00. The molecule has 1 aliphatic heterocycles. The zero-order valence-electron chi connectivity index (χ0n) is 26.6. The second kappa shape index (κ2) is 10.3. The van der Waals surface area contributed by atoms with Crippen molar-refractivity contribution >= 4 is 60.5 Å². The van der Waals surface area contributed by atoms with Gasteiger partial charge in [0.05, 0.1) is 0 Å². The van der Waals surface area contributed by atoms with Gasteiger partial charge >= 0.3 is 0 Å². The van der Waals surface area contributed by atoms with E-state index in [-0.39, 0.29) is 5.37 Å². The Labute approximate surface area is 288 Å². The quantitative estimate of drug-likeness (QED) is 0.193. The van der Waals surface area contributed by atoms with E-state index in [1.54, 1.807) is 0 Å². The molecule has 228 valence electrons. The molecule has 0 bridgehead atoms. The van der Waals surface area contributed by atoms with Crippen molar-refractivity contribution in [2.45, 2.75) is 10.3 Å². The standard InChI is InChI=1S/C47H29NS/c1-2-9-30(10-3-1)47-48-43-26-23-29-21-19-28-20-22-31(27-42(28)44(29)46(43)49-47)32-13-6-15-34-33(32)14-7-16-35(34)38-24-25-41-37-12-5-4-11-36(37)39-17-8-18-40(38)45(39)41/h1-27,47-48H. The minimum atomic E-state index is 0.205. The van der Waals surface area contributed by atoms with Crippen LogP contribution in [0.15, 0.2) is 169 Å². The van der Waals surface area contributed by atoms with Crippen LogP contribution in [0.3, 0.4) is 0 Å². The monoisotopic (exact) mass is 639 g/mol. The Morgan fingerprint density at radius 2 is 0.980 bits per heavy atom. The van der Waals surface area contributed by atoms with Crippen molar-refractivity contribution in [2.75, 3.05) is 5.32 Å². The lowest BCUT2D eigenvalue weighted by atomic mass is 9.89. The molecule has 0 spiro atoms. The summed E-state index contributed by atoms with van der Waals surface area (Å²) in [4.78, 5) is 1.34. The van der Waals surface area contributed by atoms with E-state index >= 15 is 0 Å². The minimum absolute atomic E-state index is 0.205. The second-order valence-corrected chi connectivity index (χ2v) is 14.4. The Morgan fingerprint density at radius 3 is 1.82 bits per heavy atom. The average molecular weight is 640 g/mol. The lowest BCUT2D eigenvalue weighted by molar-refractivity contribution is 1.14. The third kappa shape index (κ3) is 3.95. The summed E-state index contributed by atoms with van der Waals surface area (Å²) in [6.45, 7) is 0. The van der Waals surface area contributed by atoms with Crippen molar-refractivity contribution in [2.24, 2.45) is 0 Å². The molecule has 1 nitrogen and oxygen atoms in total. The second-order valence-electron chi connectivity index (χ2n) is 13.2. The molecule has 1 unspecified atom stereocenters. The summed E-state index contributed by atoms with van der Waals surface area (Å²) in [6, 6.07) is 60.7. The van der Waals surface area contributed by atoms with Gasteiger partial charge in [-0.25, -0.2) is 0 Å². The van der Waals surface area contributed by atoms with Gasteiger partial charge in [-0.3, -0.25) is 0 Å². The number of fused-ring (bicyclic) bond motifs is 9. The first-order chi connectivity index (χ1) is 24.3. The predicted octanol–water partition coefficient (Wildman–Crippen LogP) is 13.5. The molecule has 2 aliphatic rings. The summed E-state index contributed by atoms with van der Waals surface area (Å²) in [5.74, 6) is 0. The first-order valence-electron chi connectivity index (χ1n) is 17.0. The van der Waals surface area contributed by atoms with Gasteiger partial charge in [-0.1, -0.05) is 163 Å². The zero-order valence-corrected chi connectivity index (χ0v) is 27.4. The highest BCUT2D eigenvalue weighted by Gasteiger charge is 2.26. The van der Waals surface area contributed by atoms with Crippen LogP contribution in [0.5, 0.6) is 0 Å². The molecule has 1 heterocycles. The summed E-state index contributed by atoms with van der Waals surface area (Å²) in [7, 11) is 0. The normalized spacial score (nSPS) is 14.4. The summed E-state index contributed by atoms with van der Waals surface area (Å²) < 4.78 is 0. The molecular formula is C47H29NS. The average Bonchev–Trinajstić information content (AvgIpc) is 3.75. The molecule has 0 amide bonds. The lowest BCUT2D eigenvalue weighted by Gasteiger charge is -2.15. The van der Waals surface area contributed by atoms with Gasteiger partial charge in [-0.15, -0.1) is 0 Å². The number of nitrogens with one attached hydrogen (secondary N) is 1. The van der Waals surface area contributed by atoms with E-state index in [0.29, 0.717) is 0 Å². The van der Waals surface area contributed by atoms with Crippen LogP contribution in [0, 0.1) is 0 Å². The van der Waals surface area contributed by atoms with Gasteiger partial charge in [0.25, 0.3) is 0 Å². The molecule has 0 saturated heterocycles. The van der Waals surface area contributed by atoms with Crippen molar-refractivity contribution in [3.8, 4) is 44.5 Å². The third-order valence-corrected chi connectivity index (χ3v) is 11.9. The fraction of sp³-hybridized carbons (Fsp3) is 0.0213. The number of thioether (sulfide) groups is 1. The van der Waals surface area contributed by atoms with Crippen LogP contribution in [0.2, 0.25) is 0 Å². The smallest absolute Gasteiger partial charge is 0.103 e. The van der Waals surface area contributed by atoms with Gasteiger partial charge < -0.3 is 5.32 Å². The number of anilines is 1. The van der Waals surface area contributed by atoms with E-state index in [9.17, 15) is 0 Å². The van der Waals surface area contributed by atoms with Crippen LogP contribution in [0.25, 0.3) is 87.6 Å². The molecule has 1 atom stereocenters. The van der Waals surface area contributed by atoms with Crippen molar-refractivity contribution < 1.29 is 0 Å². The van der Waals surface area contributed by atoms with E-state index in [1.807, 2.05) is 11.8 Å². The maximum atomic E-state index is 3.79. The van der Waals surface area contributed by atoms with E-state index in [4.69, 9.17) is 0 Å². The third-order valence-electron chi connectivity index (χ3n) is 10.7. The molecule has 0 fully saturated rings. The van der Waals surface area contributed by atoms with E-state index in [1.165, 1.54) is 104 Å². The number of benzene rings is 9. The van der Waals surface area contributed by atoms with Gasteiger partial charge in [0.1, 0.15) is 5.37 Å². The first kappa shape index (κ1) is 27.2. The maximum absolute atomic E-state index is 3.79. The summed E-state index contributed by atoms with van der Waals surface area (Å²) in [6.07, 6.45) is 0. The molecule has 0 radical (unpaired) electrons. The Bertz CT molecular complexity index is 2800. The molecular weight excluding hydrogens is 611 g/mol. The van der Waals surface area contributed by atoms with Crippen LogP contribution >= 0.6 is 11.8 Å². The summed E-state index contributed by atoms with van der Waals surface area (Å²) in [5.41, 5.74) is 12.9. The van der Waals surface area contributed by atoms with Crippen molar-refractivity contribution in [3.05, 3.63) is 169 Å². The van der Waals surface area contributed by atoms with Gasteiger partial charge in [0, 0.05) is 16.0 Å². The van der Waals surface area contributed by atoms with Gasteiger partial charge in [-0.05, 0) is 99.9 Å². The van der Waals surface area contributed by atoms with Crippen LogP contribution in [-0.2, 0) is 0 Å². The fourth-order valence-corrected chi connectivity index (χ4v) is 9.74. The topological polar surface area (TPSA) is 12.0 Å². The molecule has 49 heavy (non-hydrogen) atoms. The largest absolute Gasteiger partial charge is 0.368 e. The zero-order chi connectivity index (χ0) is 32.1. The molecule has 11 rings (SSSR count). The van der Waals surface area contributed by atoms with Crippen LogP contribution in [-0.4, -0.2) is 0 Å². The van der Waals surface area contributed by atoms with Crippen LogP contribution < -0.4 is 5.32 Å². The highest BCUT2D eigenvalue weighted by Crippen LogP contribution is 2.52. The fourth-order valence-electron chi connectivity index (χ4n) is 8.42. The predicted molar refractivity (Wildman–Crippen MR) is 210 cm³/mol. The van der Waals surface area contributed by atoms with E-state index < -0.39 is 0 Å². The molecule has 1 N–H and O–H groups in total. The van der Waals surface area contributed by atoms with Crippen molar-refractivity contribution in [1.82, 2.24) is 0 Å². The molecule has 9 aromatic rings. The summed E-state index contributed by atoms with van der Waals surface area (Å²) >= 11 is 1.93. The molecule has 2 heteroatoms. The SMILES string of the molecule is c1ccc(C2Nc3ccc4ccc5ccc(-c6cccc7c(-c8ccc9c%10c(cccc8%10)-c8ccccc8-9)cccc67)cc5c4c3S2)cc1. The van der Waals surface area contributed by atoms with Gasteiger partial charge in [0.2, 0.25) is 0 Å². The Balaban J connectivity index is 1.08. The van der Waals surface area contributed by atoms with Gasteiger partial charge in [0.15, 0.2) is 0 Å².